The minimum Gasteiger partial charge on any atom is -0.378 e. The molecule has 0 radical (unpaired) electrons. The standard InChI is InChI=1S/C14H31N3O.HI/c1-8-18-12(11(2)3)9-10-16-13(15-7)17-14(4,5)6;/h11-12H,8-10H2,1-7H3,(H2,15,16,17);1H. The molecular formula is C14H32IN3O. The lowest BCUT2D eigenvalue weighted by Crippen LogP contribution is -2.48. The highest BCUT2D eigenvalue weighted by molar-refractivity contribution is 14.0. The van der Waals surface area contributed by atoms with Crippen LogP contribution in [0.3, 0.4) is 0 Å². The van der Waals surface area contributed by atoms with Crippen LogP contribution in [0.2, 0.25) is 0 Å². The smallest absolute Gasteiger partial charge is 0.191 e. The Kier molecular flexibility index (Phi) is 12.0. The lowest BCUT2D eigenvalue weighted by atomic mass is 10.0. The van der Waals surface area contributed by atoms with Gasteiger partial charge < -0.3 is 15.4 Å². The van der Waals surface area contributed by atoms with E-state index in [1.165, 1.54) is 0 Å². The second-order valence-corrected chi connectivity index (χ2v) is 5.90. The molecule has 0 aliphatic rings. The largest absolute Gasteiger partial charge is 0.378 e. The van der Waals surface area contributed by atoms with Crippen molar-refractivity contribution in [2.75, 3.05) is 20.2 Å². The molecule has 4 nitrogen and oxygen atoms in total. The van der Waals surface area contributed by atoms with Crippen LogP contribution in [-0.2, 0) is 4.74 Å². The number of rotatable bonds is 6. The van der Waals surface area contributed by atoms with Gasteiger partial charge in [0.25, 0.3) is 0 Å². The van der Waals surface area contributed by atoms with Crippen molar-refractivity contribution in [3.63, 3.8) is 0 Å². The number of nitrogens with one attached hydrogen (secondary N) is 2. The molecule has 2 N–H and O–H groups in total. The van der Waals surface area contributed by atoms with E-state index in [1.807, 2.05) is 6.92 Å². The summed E-state index contributed by atoms with van der Waals surface area (Å²) < 4.78 is 5.72. The molecule has 19 heavy (non-hydrogen) atoms. The van der Waals surface area contributed by atoms with Crippen LogP contribution in [0.5, 0.6) is 0 Å². The average Bonchev–Trinajstić information content (AvgIpc) is 2.24. The van der Waals surface area contributed by atoms with E-state index in [2.05, 4.69) is 50.2 Å². The van der Waals surface area contributed by atoms with Crippen LogP contribution >= 0.6 is 24.0 Å². The molecule has 0 fully saturated rings. The van der Waals surface area contributed by atoms with Gasteiger partial charge in [-0.05, 0) is 40.0 Å². The molecule has 1 unspecified atom stereocenters. The SMILES string of the molecule is CCOC(CCNC(=NC)NC(C)(C)C)C(C)C.I. The fourth-order valence-electron chi connectivity index (χ4n) is 1.69. The van der Waals surface area contributed by atoms with Gasteiger partial charge >= 0.3 is 0 Å². The summed E-state index contributed by atoms with van der Waals surface area (Å²) in [5, 5.41) is 6.67. The van der Waals surface area contributed by atoms with Crippen molar-refractivity contribution in [1.29, 1.82) is 0 Å². The molecule has 0 aromatic heterocycles. The van der Waals surface area contributed by atoms with Crippen molar-refractivity contribution in [2.45, 2.75) is 59.6 Å². The summed E-state index contributed by atoms with van der Waals surface area (Å²) in [6.07, 6.45) is 1.31. The molecule has 0 bridgehead atoms. The van der Waals surface area contributed by atoms with Crippen LogP contribution in [0, 0.1) is 5.92 Å². The minimum atomic E-state index is 0. The topological polar surface area (TPSA) is 45.6 Å². The summed E-state index contributed by atoms with van der Waals surface area (Å²) >= 11 is 0. The molecular weight excluding hydrogens is 353 g/mol. The normalized spacial score (nSPS) is 14.0. The molecule has 0 aliphatic carbocycles. The second kappa shape index (κ2) is 10.7. The number of ether oxygens (including phenoxy) is 1. The van der Waals surface area contributed by atoms with Gasteiger partial charge in [-0.3, -0.25) is 4.99 Å². The zero-order valence-electron chi connectivity index (χ0n) is 13.5. The molecule has 116 valence electrons. The molecule has 0 saturated carbocycles. The zero-order valence-corrected chi connectivity index (χ0v) is 15.9. The first-order valence-corrected chi connectivity index (χ1v) is 6.90. The fourth-order valence-corrected chi connectivity index (χ4v) is 1.69. The third-order valence-corrected chi connectivity index (χ3v) is 2.56. The van der Waals surface area contributed by atoms with Crippen molar-refractivity contribution in [1.82, 2.24) is 10.6 Å². The predicted molar refractivity (Wildman–Crippen MR) is 94.5 cm³/mol. The molecule has 0 aromatic rings. The third kappa shape index (κ3) is 11.5. The number of hydrogen-bond donors (Lipinski definition) is 2. The molecule has 0 amide bonds. The summed E-state index contributed by atoms with van der Waals surface area (Å²) in [5.41, 5.74) is 0.0270. The van der Waals surface area contributed by atoms with E-state index in [-0.39, 0.29) is 29.5 Å². The number of guanidine groups is 1. The lowest BCUT2D eigenvalue weighted by molar-refractivity contribution is 0.0258. The maximum Gasteiger partial charge on any atom is 0.191 e. The van der Waals surface area contributed by atoms with E-state index < -0.39 is 0 Å². The van der Waals surface area contributed by atoms with Gasteiger partial charge in [0, 0.05) is 25.7 Å². The minimum absolute atomic E-state index is 0. The zero-order chi connectivity index (χ0) is 14.2. The Morgan fingerprint density at radius 2 is 1.84 bits per heavy atom. The van der Waals surface area contributed by atoms with Crippen molar-refractivity contribution in [3.8, 4) is 0 Å². The molecule has 0 rings (SSSR count). The van der Waals surface area contributed by atoms with Crippen molar-refractivity contribution < 1.29 is 4.74 Å². The lowest BCUT2D eigenvalue weighted by Gasteiger charge is -2.25. The van der Waals surface area contributed by atoms with Crippen LogP contribution < -0.4 is 10.6 Å². The Balaban J connectivity index is 0. The number of nitrogens with zero attached hydrogens (tertiary/aromatic N) is 1. The monoisotopic (exact) mass is 385 g/mol. The van der Waals surface area contributed by atoms with Crippen LogP contribution in [0.15, 0.2) is 4.99 Å². The van der Waals surface area contributed by atoms with Crippen molar-refractivity contribution >= 4 is 29.9 Å². The van der Waals surface area contributed by atoms with E-state index in [0.29, 0.717) is 12.0 Å². The summed E-state index contributed by atoms with van der Waals surface area (Å²) in [4.78, 5) is 4.21. The number of aliphatic imine (C=N–C) groups is 1. The third-order valence-electron chi connectivity index (χ3n) is 2.56. The van der Waals surface area contributed by atoms with E-state index in [0.717, 1.165) is 25.5 Å². The summed E-state index contributed by atoms with van der Waals surface area (Å²) in [5.74, 6) is 1.39. The van der Waals surface area contributed by atoms with Gasteiger partial charge in [0.05, 0.1) is 6.10 Å². The maximum atomic E-state index is 5.72. The highest BCUT2D eigenvalue weighted by Gasteiger charge is 2.14. The highest BCUT2D eigenvalue weighted by atomic mass is 127. The molecule has 0 aromatic carbocycles. The Morgan fingerprint density at radius 3 is 2.21 bits per heavy atom. The molecule has 0 saturated heterocycles. The highest BCUT2D eigenvalue weighted by Crippen LogP contribution is 2.09. The molecule has 5 heteroatoms. The maximum absolute atomic E-state index is 5.72. The summed E-state index contributed by atoms with van der Waals surface area (Å²) in [6, 6.07) is 0. The predicted octanol–water partition coefficient (Wildman–Crippen LogP) is 3.02. The molecule has 0 heterocycles. The molecule has 0 spiro atoms. The van der Waals surface area contributed by atoms with Gasteiger partial charge in [-0.2, -0.15) is 0 Å². The van der Waals surface area contributed by atoms with Crippen molar-refractivity contribution in [3.05, 3.63) is 0 Å². The summed E-state index contributed by atoms with van der Waals surface area (Å²) in [7, 11) is 1.80. The van der Waals surface area contributed by atoms with Crippen LogP contribution in [0.4, 0.5) is 0 Å². The van der Waals surface area contributed by atoms with Crippen LogP contribution in [0.25, 0.3) is 0 Å². The number of hydrogen-bond acceptors (Lipinski definition) is 2. The van der Waals surface area contributed by atoms with E-state index in [1.54, 1.807) is 7.05 Å². The van der Waals surface area contributed by atoms with E-state index in [9.17, 15) is 0 Å². The molecule has 0 aliphatic heterocycles. The van der Waals surface area contributed by atoms with Gasteiger partial charge in [-0.1, -0.05) is 13.8 Å². The summed E-state index contributed by atoms with van der Waals surface area (Å²) in [6.45, 7) is 14.5. The van der Waals surface area contributed by atoms with Gasteiger partial charge in [-0.25, -0.2) is 0 Å². The van der Waals surface area contributed by atoms with Crippen molar-refractivity contribution in [2.24, 2.45) is 10.9 Å². The van der Waals surface area contributed by atoms with Crippen LogP contribution in [-0.4, -0.2) is 37.8 Å². The quantitative estimate of drug-likeness (QED) is 0.420. The van der Waals surface area contributed by atoms with Gasteiger partial charge in [0.1, 0.15) is 0 Å². The van der Waals surface area contributed by atoms with Gasteiger partial charge in [0.2, 0.25) is 0 Å². The Bertz CT molecular complexity index is 250. The molecule has 1 atom stereocenters. The first-order valence-electron chi connectivity index (χ1n) is 6.90. The Labute approximate surface area is 136 Å². The van der Waals surface area contributed by atoms with E-state index in [4.69, 9.17) is 4.74 Å². The van der Waals surface area contributed by atoms with E-state index >= 15 is 0 Å². The Morgan fingerprint density at radius 1 is 1.26 bits per heavy atom. The van der Waals surface area contributed by atoms with Gasteiger partial charge in [-0.15, -0.1) is 24.0 Å². The number of halogens is 1. The van der Waals surface area contributed by atoms with Gasteiger partial charge in [0.15, 0.2) is 5.96 Å². The second-order valence-electron chi connectivity index (χ2n) is 5.90. The van der Waals surface area contributed by atoms with Crippen LogP contribution in [0.1, 0.15) is 48.0 Å². The Hall–Kier alpha value is -0.0400. The fraction of sp³-hybridized carbons (Fsp3) is 0.929. The first kappa shape index (κ1) is 21.3. The average molecular weight is 385 g/mol. The first-order chi connectivity index (χ1) is 8.30.